The Balaban J connectivity index is 2.66. The number of allylic oxidation sites excluding steroid dienone is 2. The number of hydrogen-bond donors (Lipinski definition) is 1. The summed E-state index contributed by atoms with van der Waals surface area (Å²) in [6.07, 6.45) is 13.2. The molecule has 16 heavy (non-hydrogen) atoms. The third kappa shape index (κ3) is 3.79. The van der Waals surface area contributed by atoms with E-state index in [1.54, 1.807) is 0 Å². The summed E-state index contributed by atoms with van der Waals surface area (Å²) in [7, 11) is 0. The van der Waals surface area contributed by atoms with Gasteiger partial charge in [0.25, 0.3) is 0 Å². The average Bonchev–Trinajstić information content (AvgIpc) is 2.28. The quantitative estimate of drug-likeness (QED) is 0.667. The number of unbranched alkanes of at least 4 members (excludes halogenated alkanes) is 2. The molecule has 0 aromatic heterocycles. The average molecular weight is 222 g/mol. The van der Waals surface area contributed by atoms with Crippen molar-refractivity contribution in [3.05, 3.63) is 23.8 Å². The number of rotatable bonds is 6. The molecule has 1 aliphatic rings. The minimum Gasteiger partial charge on any atom is -0.385 e. The van der Waals surface area contributed by atoms with Crippen LogP contribution in [0.3, 0.4) is 0 Å². The smallest absolute Gasteiger partial charge is 0.0932 e. The van der Waals surface area contributed by atoms with E-state index < -0.39 is 0 Å². The van der Waals surface area contributed by atoms with Crippen LogP contribution < -0.4 is 0 Å². The van der Waals surface area contributed by atoms with Crippen LogP contribution >= 0.6 is 0 Å². The van der Waals surface area contributed by atoms with Crippen molar-refractivity contribution in [3.8, 4) is 0 Å². The van der Waals surface area contributed by atoms with Gasteiger partial charge in [0.2, 0.25) is 0 Å². The van der Waals surface area contributed by atoms with E-state index in [0.29, 0.717) is 0 Å². The largest absolute Gasteiger partial charge is 0.385 e. The van der Waals surface area contributed by atoms with Crippen LogP contribution in [-0.2, 0) is 0 Å². The highest BCUT2D eigenvalue weighted by atomic mass is 16.3. The fraction of sp³-hybridized carbons (Fsp3) is 0.733. The third-order valence-corrected chi connectivity index (χ3v) is 3.44. The van der Waals surface area contributed by atoms with E-state index in [4.69, 9.17) is 0 Å². The molecule has 0 aromatic carbocycles. The van der Waals surface area contributed by atoms with Crippen molar-refractivity contribution in [2.24, 2.45) is 5.41 Å². The predicted molar refractivity (Wildman–Crippen MR) is 70.4 cm³/mol. The highest BCUT2D eigenvalue weighted by Gasteiger charge is 2.24. The van der Waals surface area contributed by atoms with Crippen molar-refractivity contribution in [3.63, 3.8) is 0 Å². The summed E-state index contributed by atoms with van der Waals surface area (Å²) in [6.45, 7) is 6.70. The first kappa shape index (κ1) is 13.5. The van der Waals surface area contributed by atoms with E-state index in [2.05, 4.69) is 32.9 Å². The van der Waals surface area contributed by atoms with Crippen LogP contribution in [0.5, 0.6) is 0 Å². The zero-order chi connectivity index (χ0) is 12.0. The normalized spacial score (nSPS) is 29.2. The highest BCUT2D eigenvalue weighted by molar-refractivity contribution is 5.28. The molecular weight excluding hydrogens is 196 g/mol. The molecule has 1 rings (SSSR count). The van der Waals surface area contributed by atoms with Gasteiger partial charge in [0.05, 0.1) is 6.10 Å². The molecule has 2 unspecified atom stereocenters. The maximum Gasteiger partial charge on any atom is 0.0932 e. The first-order valence-electron chi connectivity index (χ1n) is 6.70. The summed E-state index contributed by atoms with van der Waals surface area (Å²) in [4.78, 5) is 0. The molecule has 1 nitrogen and oxygen atoms in total. The maximum atomic E-state index is 9.90. The van der Waals surface area contributed by atoms with Gasteiger partial charge in [-0.3, -0.25) is 0 Å². The molecular formula is C15H26O. The second kappa shape index (κ2) is 6.24. The molecule has 0 fully saturated rings. The molecule has 1 heteroatoms. The summed E-state index contributed by atoms with van der Waals surface area (Å²) in [5, 5.41) is 9.90. The summed E-state index contributed by atoms with van der Waals surface area (Å²) in [6, 6.07) is 0. The van der Waals surface area contributed by atoms with Crippen LogP contribution in [0.2, 0.25) is 0 Å². The Morgan fingerprint density at radius 2 is 1.94 bits per heavy atom. The van der Waals surface area contributed by atoms with Crippen molar-refractivity contribution in [1.29, 1.82) is 0 Å². The molecule has 0 aromatic rings. The molecule has 0 spiro atoms. The number of aliphatic hydroxyl groups is 1. The third-order valence-electron chi connectivity index (χ3n) is 3.44. The summed E-state index contributed by atoms with van der Waals surface area (Å²) >= 11 is 0. The van der Waals surface area contributed by atoms with Crippen LogP contribution in [0.15, 0.2) is 23.8 Å². The molecule has 2 atom stereocenters. The van der Waals surface area contributed by atoms with Crippen molar-refractivity contribution >= 4 is 0 Å². The summed E-state index contributed by atoms with van der Waals surface area (Å²) < 4.78 is 0. The Labute approximate surface area is 100 Å². The lowest BCUT2D eigenvalue weighted by Gasteiger charge is -2.29. The fourth-order valence-electron chi connectivity index (χ4n) is 2.31. The topological polar surface area (TPSA) is 20.2 Å². The van der Waals surface area contributed by atoms with Gasteiger partial charge in [-0.15, -0.1) is 0 Å². The second-order valence-corrected chi connectivity index (χ2v) is 5.24. The number of aliphatic hydroxyl groups excluding tert-OH is 1. The van der Waals surface area contributed by atoms with Crippen LogP contribution in [0, 0.1) is 5.41 Å². The van der Waals surface area contributed by atoms with Gasteiger partial charge in [-0.2, -0.15) is 0 Å². The van der Waals surface area contributed by atoms with Gasteiger partial charge in [-0.1, -0.05) is 58.3 Å². The maximum absolute atomic E-state index is 9.90. The minimum atomic E-state index is -0.332. The highest BCUT2D eigenvalue weighted by Crippen LogP contribution is 2.34. The van der Waals surface area contributed by atoms with Crippen LogP contribution in [0.1, 0.15) is 59.3 Å². The van der Waals surface area contributed by atoms with Crippen LogP contribution in [0.4, 0.5) is 0 Å². The molecule has 1 aliphatic carbocycles. The molecule has 0 aliphatic heterocycles. The van der Waals surface area contributed by atoms with E-state index in [1.165, 1.54) is 37.7 Å². The molecule has 0 saturated heterocycles. The summed E-state index contributed by atoms with van der Waals surface area (Å²) in [5.41, 5.74) is 1.40. The first-order valence-corrected chi connectivity index (χ1v) is 6.70. The van der Waals surface area contributed by atoms with E-state index in [9.17, 15) is 5.11 Å². The van der Waals surface area contributed by atoms with Gasteiger partial charge >= 0.3 is 0 Å². The summed E-state index contributed by atoms with van der Waals surface area (Å²) in [5.74, 6) is 0. The van der Waals surface area contributed by atoms with Crippen molar-refractivity contribution < 1.29 is 5.11 Å². The Bertz CT molecular complexity index is 265. The van der Waals surface area contributed by atoms with Gasteiger partial charge in [0.15, 0.2) is 0 Å². The second-order valence-electron chi connectivity index (χ2n) is 5.24. The van der Waals surface area contributed by atoms with Crippen LogP contribution in [0.25, 0.3) is 0 Å². The first-order chi connectivity index (χ1) is 7.61. The predicted octanol–water partition coefficient (Wildman–Crippen LogP) is 4.23. The standard InChI is InChI=1S/C15H26O/c1-4-6-8-13-12-15(3,10-7-5-2)11-9-14(13)16/h9,11-12,14,16H,4-8,10H2,1-3H3. The Kier molecular flexibility index (Phi) is 5.27. The lowest BCUT2D eigenvalue weighted by molar-refractivity contribution is 0.244. The van der Waals surface area contributed by atoms with Gasteiger partial charge in [0, 0.05) is 5.41 Å². The molecule has 0 amide bonds. The lowest BCUT2D eigenvalue weighted by atomic mass is 9.77. The van der Waals surface area contributed by atoms with Crippen molar-refractivity contribution in [2.45, 2.75) is 65.4 Å². The Morgan fingerprint density at radius 3 is 2.56 bits per heavy atom. The van der Waals surface area contributed by atoms with Gasteiger partial charge in [-0.25, -0.2) is 0 Å². The lowest BCUT2D eigenvalue weighted by Crippen LogP contribution is -2.20. The van der Waals surface area contributed by atoms with E-state index >= 15 is 0 Å². The van der Waals surface area contributed by atoms with Crippen molar-refractivity contribution in [2.75, 3.05) is 0 Å². The van der Waals surface area contributed by atoms with Gasteiger partial charge in [0.1, 0.15) is 0 Å². The molecule has 1 N–H and O–H groups in total. The SMILES string of the molecule is CCCCC1=CC(C)(CCCC)C=CC1O. The molecule has 92 valence electrons. The molecule has 0 bridgehead atoms. The van der Waals surface area contributed by atoms with Gasteiger partial charge < -0.3 is 5.11 Å². The number of hydrogen-bond acceptors (Lipinski definition) is 1. The van der Waals surface area contributed by atoms with Gasteiger partial charge in [-0.05, 0) is 24.8 Å². The molecule has 0 saturated carbocycles. The fourth-order valence-corrected chi connectivity index (χ4v) is 2.31. The molecule has 0 heterocycles. The van der Waals surface area contributed by atoms with Crippen LogP contribution in [-0.4, -0.2) is 11.2 Å². The zero-order valence-electron chi connectivity index (χ0n) is 11.0. The minimum absolute atomic E-state index is 0.179. The van der Waals surface area contributed by atoms with Crippen molar-refractivity contribution in [1.82, 2.24) is 0 Å². The zero-order valence-corrected chi connectivity index (χ0v) is 11.0. The Morgan fingerprint density at radius 1 is 1.25 bits per heavy atom. The monoisotopic (exact) mass is 222 g/mol. The molecule has 0 radical (unpaired) electrons. The van der Waals surface area contributed by atoms with E-state index in [1.807, 2.05) is 6.08 Å². The van der Waals surface area contributed by atoms with E-state index in [-0.39, 0.29) is 11.5 Å². The Hall–Kier alpha value is -0.560. The van der Waals surface area contributed by atoms with E-state index in [0.717, 1.165) is 6.42 Å².